The fourth-order valence-corrected chi connectivity index (χ4v) is 11.5. The number of piperidine rings is 1. The Kier molecular flexibility index (Phi) is 15.3. The third-order valence-corrected chi connectivity index (χ3v) is 15.7. The molecule has 22 nitrogen and oxygen atoms in total. The molecule has 0 bridgehead atoms. The van der Waals surface area contributed by atoms with Gasteiger partial charge in [0, 0.05) is 112 Å². The summed E-state index contributed by atoms with van der Waals surface area (Å²) in [5.41, 5.74) is 16.2. The summed E-state index contributed by atoms with van der Waals surface area (Å²) in [6.07, 6.45) is 6.62. The quantitative estimate of drug-likeness (QED) is 0.0872. The van der Waals surface area contributed by atoms with Gasteiger partial charge in [0.1, 0.15) is 29.6 Å². The van der Waals surface area contributed by atoms with E-state index in [-0.39, 0.29) is 60.9 Å². The molecule has 4 aliphatic rings. The van der Waals surface area contributed by atoms with Crippen molar-refractivity contribution < 1.29 is 38.2 Å². The van der Waals surface area contributed by atoms with Crippen molar-refractivity contribution in [2.75, 3.05) is 62.8 Å². The zero-order valence-electron chi connectivity index (χ0n) is 45.1. The number of ether oxygens (including phenoxy) is 2. The summed E-state index contributed by atoms with van der Waals surface area (Å²) in [5, 5.41) is 6.44. The van der Waals surface area contributed by atoms with Gasteiger partial charge in [-0.15, -0.1) is 0 Å². The van der Waals surface area contributed by atoms with Crippen LogP contribution in [0.5, 0.6) is 5.75 Å². The molecule has 6 aromatic rings. The number of H-pyrrole nitrogens is 1. The van der Waals surface area contributed by atoms with Crippen molar-refractivity contribution >= 4 is 69.0 Å². The van der Waals surface area contributed by atoms with Gasteiger partial charge >= 0.3 is 6.03 Å². The molecule has 7 N–H and O–H groups in total. The minimum atomic E-state index is -1.30. The molecule has 1 aliphatic carbocycles. The number of pyridine rings is 1. The number of carbonyl (C=O) groups excluding carboxylic acids is 6. The number of aromatic amines is 1. The van der Waals surface area contributed by atoms with E-state index in [0.29, 0.717) is 54.7 Å². The van der Waals surface area contributed by atoms with Gasteiger partial charge in [-0.25, -0.2) is 19.7 Å². The van der Waals surface area contributed by atoms with Crippen molar-refractivity contribution in [2.24, 2.45) is 18.5 Å². The van der Waals surface area contributed by atoms with Gasteiger partial charge in [0.15, 0.2) is 0 Å². The number of nitrogens with two attached hydrogens (primary N) is 2. The number of primary amides is 1. The number of carbonyl (C=O) groups is 6. The maximum atomic E-state index is 14.5. The minimum absolute atomic E-state index is 0.00829. The number of urea groups is 1. The predicted octanol–water partition coefficient (Wildman–Crippen LogP) is 3.68. The molecule has 0 spiro atoms. The summed E-state index contributed by atoms with van der Waals surface area (Å²) in [7, 11) is 3.19. The second kappa shape index (κ2) is 22.3. The van der Waals surface area contributed by atoms with Gasteiger partial charge in [-0.2, -0.15) is 0 Å². The molecule has 10 rings (SSSR count). The first kappa shape index (κ1) is 54.2. The lowest BCUT2D eigenvalue weighted by atomic mass is 9.86. The maximum absolute atomic E-state index is 14.5. The van der Waals surface area contributed by atoms with Gasteiger partial charge in [0.2, 0.25) is 29.6 Å². The SMILES string of the molecule is COc1ccc(C(=O)N2C[C@H](C)N(C3CCN(c4nc(C(CN)(OC5CC5)c5ccccc5)c5cc(-c6cn(C)c(=O)c7[nH]ccc67)ccc5n4)CC3)C[C@H]2C)cc1N1CCC(=O)N(CNC(=O)C(CC(N)=O)NC(C)=O)C1=O. The van der Waals surface area contributed by atoms with Crippen LogP contribution in [0, 0.1) is 0 Å². The van der Waals surface area contributed by atoms with E-state index in [2.05, 4.69) is 38.4 Å². The lowest BCUT2D eigenvalue weighted by molar-refractivity contribution is -0.133. The van der Waals surface area contributed by atoms with Gasteiger partial charge in [-0.05, 0) is 87.1 Å². The summed E-state index contributed by atoms with van der Waals surface area (Å²) < 4.78 is 14.3. The van der Waals surface area contributed by atoms with Crippen LogP contribution in [0.2, 0.25) is 0 Å². The van der Waals surface area contributed by atoms with Crippen molar-refractivity contribution in [3.63, 3.8) is 0 Å². The summed E-state index contributed by atoms with van der Waals surface area (Å²) >= 11 is 0. The number of imide groups is 1. The van der Waals surface area contributed by atoms with Gasteiger partial charge in [-0.1, -0.05) is 36.4 Å². The van der Waals surface area contributed by atoms with Crippen molar-refractivity contribution in [3.05, 3.63) is 112 Å². The van der Waals surface area contributed by atoms with E-state index in [4.69, 9.17) is 30.9 Å². The molecule has 3 saturated heterocycles. The number of aryl methyl sites for hydroxylation is 1. The van der Waals surface area contributed by atoms with E-state index in [0.717, 1.165) is 63.6 Å². The fraction of sp³-hybridized carbons (Fsp3) is 0.421. The molecule has 6 heterocycles. The molecule has 2 unspecified atom stereocenters. The highest BCUT2D eigenvalue weighted by Crippen LogP contribution is 2.43. The predicted molar refractivity (Wildman–Crippen MR) is 296 cm³/mol. The number of hydrogen-bond donors (Lipinski definition) is 5. The summed E-state index contributed by atoms with van der Waals surface area (Å²) in [5.74, 6) is -2.09. The van der Waals surface area contributed by atoms with Crippen molar-refractivity contribution in [1.82, 2.24) is 44.9 Å². The summed E-state index contributed by atoms with van der Waals surface area (Å²) in [4.78, 5) is 113. The number of amides is 7. The lowest BCUT2D eigenvalue weighted by Gasteiger charge is -2.49. The average Bonchev–Trinajstić information content (AvgIpc) is 4.27. The average molecular weight is 1080 g/mol. The van der Waals surface area contributed by atoms with E-state index in [1.54, 1.807) is 36.0 Å². The Labute approximate surface area is 456 Å². The van der Waals surface area contributed by atoms with Crippen LogP contribution in [0.15, 0.2) is 90.0 Å². The standard InChI is InChI=1S/C57H67N13O9/c1-33-29-69(53(75)37-12-16-47(78-5)46(26-37)67-24-20-49(73)70(56(67)77)32-61-52(74)45(27-48(59)72)62-35(3)71)34(2)28-68(33)39-18-22-66(23-19-39)55-63-44-15-11-36(43-30-65(4)54(76)50-41(43)17-21-60-50)25-42(44)51(64-55)57(31-58,79-40-13-14-40)38-9-7-6-8-10-38/h6-12,15-17,21,25-26,30,33-34,39-40,45,60H,13-14,18-20,22-24,27-29,31-32,58H2,1-5H3,(H2,59,72)(H,61,74)(H,62,71)/t33-,34+,45?,57?/m0/s1. The number of fused-ring (bicyclic) bond motifs is 2. The van der Waals surface area contributed by atoms with Crippen LogP contribution in [0.1, 0.15) is 80.9 Å². The van der Waals surface area contributed by atoms with E-state index in [9.17, 15) is 33.6 Å². The van der Waals surface area contributed by atoms with E-state index >= 15 is 0 Å². The first-order valence-corrected chi connectivity index (χ1v) is 26.9. The largest absolute Gasteiger partial charge is 0.495 e. The molecule has 3 aliphatic heterocycles. The molecule has 22 heteroatoms. The van der Waals surface area contributed by atoms with Gasteiger partial charge in [0.05, 0.1) is 36.5 Å². The Hall–Kier alpha value is -8.21. The lowest BCUT2D eigenvalue weighted by Crippen LogP contribution is -2.61. The van der Waals surface area contributed by atoms with Gasteiger partial charge in [-0.3, -0.25) is 38.6 Å². The Morgan fingerprint density at radius 2 is 1.66 bits per heavy atom. The third-order valence-electron chi connectivity index (χ3n) is 15.7. The molecular weight excluding hydrogens is 1010 g/mol. The van der Waals surface area contributed by atoms with Crippen LogP contribution >= 0.6 is 0 Å². The normalized spacial score (nSPS) is 19.6. The van der Waals surface area contributed by atoms with Crippen LogP contribution in [0.4, 0.5) is 16.4 Å². The second-order valence-corrected chi connectivity index (χ2v) is 21.1. The number of hydrogen-bond acceptors (Lipinski definition) is 14. The molecule has 1 saturated carbocycles. The Morgan fingerprint density at radius 1 is 0.899 bits per heavy atom. The summed E-state index contributed by atoms with van der Waals surface area (Å²) in [6, 6.07) is 21.0. The highest BCUT2D eigenvalue weighted by Gasteiger charge is 2.44. The molecule has 3 aromatic heterocycles. The number of benzene rings is 3. The van der Waals surface area contributed by atoms with Gasteiger partial charge in [0.25, 0.3) is 11.5 Å². The Morgan fingerprint density at radius 3 is 2.35 bits per heavy atom. The molecule has 0 radical (unpaired) electrons. The van der Waals surface area contributed by atoms with Gasteiger partial charge < -0.3 is 50.9 Å². The second-order valence-electron chi connectivity index (χ2n) is 21.1. The van der Waals surface area contributed by atoms with Crippen LogP contribution in [0.25, 0.3) is 32.9 Å². The first-order valence-electron chi connectivity index (χ1n) is 26.9. The van der Waals surface area contributed by atoms with E-state index in [1.165, 1.54) is 18.9 Å². The Balaban J connectivity index is 0.854. The minimum Gasteiger partial charge on any atom is -0.495 e. The number of anilines is 2. The van der Waals surface area contributed by atoms with Crippen LogP contribution in [-0.2, 0) is 36.6 Å². The zero-order valence-corrected chi connectivity index (χ0v) is 45.1. The van der Waals surface area contributed by atoms with Crippen LogP contribution < -0.4 is 42.2 Å². The molecular formula is C57H67N13O9. The number of piperazine rings is 1. The molecule has 3 aromatic carbocycles. The third kappa shape index (κ3) is 10.7. The smallest absolute Gasteiger partial charge is 0.332 e. The number of rotatable bonds is 17. The van der Waals surface area contributed by atoms with Crippen molar-refractivity contribution in [1.29, 1.82) is 0 Å². The molecule has 7 amide bonds. The molecule has 79 heavy (non-hydrogen) atoms. The molecule has 4 fully saturated rings. The van der Waals surface area contributed by atoms with Crippen LogP contribution in [-0.4, -0.2) is 153 Å². The van der Waals surface area contributed by atoms with Crippen molar-refractivity contribution in [3.8, 4) is 16.9 Å². The fourth-order valence-electron chi connectivity index (χ4n) is 11.5. The zero-order chi connectivity index (χ0) is 55.9. The summed E-state index contributed by atoms with van der Waals surface area (Å²) in [6.45, 7) is 7.41. The first-order chi connectivity index (χ1) is 38.0. The molecule has 414 valence electrons. The number of nitrogens with one attached hydrogen (secondary N) is 3. The maximum Gasteiger partial charge on any atom is 0.332 e. The number of nitrogens with zero attached hydrogens (tertiary/aromatic N) is 8. The monoisotopic (exact) mass is 1080 g/mol. The van der Waals surface area contributed by atoms with E-state index < -0.39 is 54.4 Å². The highest BCUT2D eigenvalue weighted by molar-refractivity contribution is 6.07. The van der Waals surface area contributed by atoms with E-state index in [1.807, 2.05) is 66.6 Å². The number of aromatic nitrogens is 4. The topological polar surface area (TPSA) is 277 Å². The van der Waals surface area contributed by atoms with Crippen molar-refractivity contribution in [2.45, 2.75) is 95.2 Å². The van der Waals surface area contributed by atoms with Crippen LogP contribution in [0.3, 0.4) is 0 Å². The Bertz CT molecular complexity index is 3390. The molecule has 4 atom stereocenters. The number of methoxy groups -OCH3 is 1. The highest BCUT2D eigenvalue weighted by atomic mass is 16.5.